The van der Waals surface area contributed by atoms with Crippen molar-refractivity contribution >= 4 is 40.8 Å². The van der Waals surface area contributed by atoms with E-state index in [1.165, 1.54) is 29.2 Å². The third kappa shape index (κ3) is 4.39. The van der Waals surface area contributed by atoms with Crippen molar-refractivity contribution in [2.45, 2.75) is 10.6 Å². The summed E-state index contributed by atoms with van der Waals surface area (Å²) in [4.78, 5) is 13.9. The Bertz CT molecular complexity index is 888. The van der Waals surface area contributed by atoms with Crippen molar-refractivity contribution in [3.63, 3.8) is 0 Å². The van der Waals surface area contributed by atoms with E-state index >= 15 is 0 Å². The van der Waals surface area contributed by atoms with E-state index in [4.69, 9.17) is 0 Å². The van der Waals surface area contributed by atoms with Gasteiger partial charge in [-0.05, 0) is 46.8 Å². The molecule has 1 fully saturated rings. The summed E-state index contributed by atoms with van der Waals surface area (Å²) in [6, 6.07) is 17.8. The predicted octanol–water partition coefficient (Wildman–Crippen LogP) is 5.89. The molecule has 138 valence electrons. The number of rotatable bonds is 5. The molecular weight excluding hydrogens is 397 g/mol. The molecule has 2 heterocycles. The number of thiophene rings is 1. The SMILES string of the molecule is O=C(NC(c1ccc(F)cc1)c1cccs1)c1ccc(C2SCCS2)cc1. The van der Waals surface area contributed by atoms with Gasteiger partial charge in [-0.2, -0.15) is 0 Å². The Kier molecular flexibility index (Phi) is 5.86. The molecule has 2 aromatic carbocycles. The number of carbonyl (C=O) groups excluding carboxylic acids is 1. The van der Waals surface area contributed by atoms with Gasteiger partial charge in [0.05, 0.1) is 10.6 Å². The number of amides is 1. The van der Waals surface area contributed by atoms with E-state index < -0.39 is 0 Å². The van der Waals surface area contributed by atoms with Gasteiger partial charge in [0.25, 0.3) is 5.91 Å². The van der Waals surface area contributed by atoms with Crippen molar-refractivity contribution in [1.82, 2.24) is 5.32 Å². The second-order valence-corrected chi connectivity index (χ2v) is 9.87. The van der Waals surface area contributed by atoms with Crippen LogP contribution in [-0.2, 0) is 0 Å². The van der Waals surface area contributed by atoms with Crippen molar-refractivity contribution in [3.05, 3.63) is 93.4 Å². The summed E-state index contributed by atoms with van der Waals surface area (Å²) >= 11 is 5.47. The number of benzene rings is 2. The number of halogens is 1. The predicted molar refractivity (Wildman–Crippen MR) is 114 cm³/mol. The van der Waals surface area contributed by atoms with Crippen molar-refractivity contribution in [2.75, 3.05) is 11.5 Å². The van der Waals surface area contributed by atoms with Crippen molar-refractivity contribution in [3.8, 4) is 0 Å². The molecule has 0 spiro atoms. The van der Waals surface area contributed by atoms with E-state index in [0.717, 1.165) is 10.4 Å². The van der Waals surface area contributed by atoms with E-state index in [1.807, 2.05) is 65.3 Å². The van der Waals surface area contributed by atoms with Gasteiger partial charge >= 0.3 is 0 Å². The van der Waals surface area contributed by atoms with Gasteiger partial charge in [-0.3, -0.25) is 4.79 Å². The van der Waals surface area contributed by atoms with Crippen LogP contribution in [-0.4, -0.2) is 17.4 Å². The van der Waals surface area contributed by atoms with Crippen molar-refractivity contribution in [2.24, 2.45) is 0 Å². The van der Waals surface area contributed by atoms with Gasteiger partial charge < -0.3 is 5.32 Å². The minimum absolute atomic E-state index is 0.129. The number of carbonyl (C=O) groups is 1. The molecule has 1 saturated heterocycles. The second kappa shape index (κ2) is 8.50. The first-order chi connectivity index (χ1) is 13.2. The van der Waals surface area contributed by atoms with Gasteiger partial charge in [0.15, 0.2) is 0 Å². The summed E-state index contributed by atoms with van der Waals surface area (Å²) in [5.74, 6) is 1.94. The Morgan fingerprint density at radius 3 is 2.33 bits per heavy atom. The van der Waals surface area contributed by atoms with Crippen molar-refractivity contribution < 1.29 is 9.18 Å². The van der Waals surface area contributed by atoms with Crippen molar-refractivity contribution in [1.29, 1.82) is 0 Å². The largest absolute Gasteiger partial charge is 0.340 e. The lowest BCUT2D eigenvalue weighted by Gasteiger charge is -2.18. The molecule has 27 heavy (non-hydrogen) atoms. The quantitative estimate of drug-likeness (QED) is 0.564. The maximum Gasteiger partial charge on any atom is 0.252 e. The Morgan fingerprint density at radius 2 is 1.70 bits per heavy atom. The molecule has 6 heteroatoms. The summed E-state index contributed by atoms with van der Waals surface area (Å²) < 4.78 is 13.8. The fourth-order valence-corrected chi connectivity index (χ4v) is 6.65. The van der Waals surface area contributed by atoms with Crippen LogP contribution in [0, 0.1) is 5.82 Å². The lowest BCUT2D eigenvalue weighted by molar-refractivity contribution is 0.0943. The number of hydrogen-bond acceptors (Lipinski definition) is 4. The zero-order valence-corrected chi connectivity index (χ0v) is 16.9. The highest BCUT2D eigenvalue weighted by atomic mass is 32.2. The van der Waals surface area contributed by atoms with Gasteiger partial charge in [-0.15, -0.1) is 34.9 Å². The average Bonchev–Trinajstić information content (AvgIpc) is 3.41. The molecule has 4 rings (SSSR count). The van der Waals surface area contributed by atoms with Gasteiger partial charge in [0, 0.05) is 21.9 Å². The van der Waals surface area contributed by atoms with E-state index in [2.05, 4.69) is 5.32 Å². The molecule has 1 aliphatic heterocycles. The lowest BCUT2D eigenvalue weighted by Crippen LogP contribution is -2.28. The molecule has 0 radical (unpaired) electrons. The lowest BCUT2D eigenvalue weighted by atomic mass is 10.0. The van der Waals surface area contributed by atoms with E-state index in [-0.39, 0.29) is 17.8 Å². The highest BCUT2D eigenvalue weighted by molar-refractivity contribution is 8.19. The standard InChI is InChI=1S/C21H18FNOS3/c22-17-9-7-14(8-10-17)19(18-2-1-11-25-18)23-20(24)15-3-5-16(6-4-15)21-26-12-13-27-21/h1-11,19,21H,12-13H2,(H,23,24). The van der Waals surface area contributed by atoms with Crippen LogP contribution in [0.5, 0.6) is 0 Å². The summed E-state index contributed by atoms with van der Waals surface area (Å²) in [6.45, 7) is 0. The topological polar surface area (TPSA) is 29.1 Å². The molecule has 1 unspecified atom stereocenters. The zero-order valence-electron chi connectivity index (χ0n) is 14.4. The van der Waals surface area contributed by atoms with Crippen LogP contribution in [0.25, 0.3) is 0 Å². The van der Waals surface area contributed by atoms with Crippen LogP contribution in [0.3, 0.4) is 0 Å². The minimum atomic E-state index is -0.293. The first kappa shape index (κ1) is 18.6. The van der Waals surface area contributed by atoms with Crippen LogP contribution >= 0.6 is 34.9 Å². The van der Waals surface area contributed by atoms with Gasteiger partial charge in [-0.1, -0.05) is 30.3 Å². The third-order valence-electron chi connectivity index (χ3n) is 4.37. The number of hydrogen-bond donors (Lipinski definition) is 1. The van der Waals surface area contributed by atoms with E-state index in [0.29, 0.717) is 10.1 Å². The van der Waals surface area contributed by atoms with Gasteiger partial charge in [-0.25, -0.2) is 4.39 Å². The Hall–Kier alpha value is -1.76. The molecule has 0 aliphatic carbocycles. The maximum atomic E-state index is 13.3. The number of thioether (sulfide) groups is 2. The highest BCUT2D eigenvalue weighted by Crippen LogP contribution is 2.45. The van der Waals surface area contributed by atoms with Gasteiger partial charge in [0.2, 0.25) is 0 Å². The Morgan fingerprint density at radius 1 is 1.00 bits per heavy atom. The summed E-state index contributed by atoms with van der Waals surface area (Å²) in [6.07, 6.45) is 0. The molecule has 1 N–H and O–H groups in total. The van der Waals surface area contributed by atoms with E-state index in [1.54, 1.807) is 23.5 Å². The summed E-state index contributed by atoms with van der Waals surface area (Å²) in [5.41, 5.74) is 2.75. The molecule has 2 nitrogen and oxygen atoms in total. The Balaban J connectivity index is 1.53. The number of nitrogens with one attached hydrogen (secondary N) is 1. The summed E-state index contributed by atoms with van der Waals surface area (Å²) in [5, 5.41) is 5.08. The van der Waals surface area contributed by atoms with Crippen LogP contribution in [0.2, 0.25) is 0 Å². The molecule has 1 amide bonds. The normalized spacial score (nSPS) is 15.6. The monoisotopic (exact) mass is 415 g/mol. The molecule has 0 bridgehead atoms. The molecule has 1 aliphatic rings. The maximum absolute atomic E-state index is 13.3. The van der Waals surface area contributed by atoms with Crippen LogP contribution in [0.4, 0.5) is 4.39 Å². The molecule has 3 aromatic rings. The molecular formula is C21H18FNOS3. The zero-order chi connectivity index (χ0) is 18.6. The fraction of sp³-hybridized carbons (Fsp3) is 0.190. The molecule has 1 atom stereocenters. The fourth-order valence-electron chi connectivity index (χ4n) is 2.99. The van der Waals surface area contributed by atoms with Crippen LogP contribution < -0.4 is 5.32 Å². The molecule has 0 saturated carbocycles. The minimum Gasteiger partial charge on any atom is -0.340 e. The smallest absolute Gasteiger partial charge is 0.252 e. The highest BCUT2D eigenvalue weighted by Gasteiger charge is 2.21. The Labute approximate surface area is 170 Å². The average molecular weight is 416 g/mol. The summed E-state index contributed by atoms with van der Waals surface area (Å²) in [7, 11) is 0. The first-order valence-corrected chi connectivity index (χ1v) is 11.6. The van der Waals surface area contributed by atoms with E-state index in [9.17, 15) is 9.18 Å². The van der Waals surface area contributed by atoms with Gasteiger partial charge in [0.1, 0.15) is 5.82 Å². The first-order valence-electron chi connectivity index (χ1n) is 8.63. The van der Waals surface area contributed by atoms with Crippen LogP contribution in [0.15, 0.2) is 66.0 Å². The third-order valence-corrected chi connectivity index (χ3v) is 8.41. The second-order valence-electron chi connectivity index (χ2n) is 6.17. The molecule has 1 aromatic heterocycles. The van der Waals surface area contributed by atoms with Crippen LogP contribution in [0.1, 0.15) is 37.0 Å².